The number of nitrogens with one attached hydrogen (secondary N) is 1. The van der Waals surface area contributed by atoms with E-state index in [4.69, 9.17) is 4.74 Å². The first-order chi connectivity index (χ1) is 9.79. The smallest absolute Gasteiger partial charge is 0.378 e. The first kappa shape index (κ1) is 16.3. The van der Waals surface area contributed by atoms with Crippen molar-refractivity contribution < 1.29 is 22.7 Å². The third kappa shape index (κ3) is 3.97. The van der Waals surface area contributed by atoms with Crippen LogP contribution in [0.2, 0.25) is 0 Å². The van der Waals surface area contributed by atoms with Crippen molar-refractivity contribution in [1.29, 1.82) is 0 Å². The second-order valence-electron chi connectivity index (χ2n) is 5.03. The van der Waals surface area contributed by atoms with Crippen molar-refractivity contribution in [3.63, 3.8) is 0 Å². The summed E-state index contributed by atoms with van der Waals surface area (Å²) in [6, 6.07) is 3.45. The van der Waals surface area contributed by atoms with E-state index < -0.39 is 17.6 Å². The number of hydrogen-bond donors (Lipinski definition) is 1. The molecule has 1 aromatic carbocycles. The summed E-state index contributed by atoms with van der Waals surface area (Å²) in [6.45, 7) is 2.97. The summed E-state index contributed by atoms with van der Waals surface area (Å²) in [5.74, 6) is -0.307. The van der Waals surface area contributed by atoms with E-state index in [2.05, 4.69) is 21.2 Å². The maximum Gasteiger partial charge on any atom is 0.417 e. The molecule has 1 aromatic rings. The molecule has 1 aliphatic rings. The molecule has 0 aromatic heterocycles. The third-order valence-corrected chi connectivity index (χ3v) is 4.28. The summed E-state index contributed by atoms with van der Waals surface area (Å²) >= 11 is 2.85. The van der Waals surface area contributed by atoms with Crippen LogP contribution in [-0.2, 0) is 10.9 Å². The number of halogens is 4. The zero-order chi connectivity index (χ0) is 15.6. The molecule has 1 heterocycles. The van der Waals surface area contributed by atoms with E-state index >= 15 is 0 Å². The number of benzene rings is 1. The first-order valence-electron chi connectivity index (χ1n) is 6.55. The van der Waals surface area contributed by atoms with Crippen LogP contribution in [0.1, 0.15) is 29.3 Å². The average molecular weight is 366 g/mol. The minimum absolute atomic E-state index is 0.00269. The van der Waals surface area contributed by atoms with E-state index in [0.29, 0.717) is 13.2 Å². The Bertz CT molecular complexity index is 533. The molecule has 0 spiro atoms. The van der Waals surface area contributed by atoms with Crippen LogP contribution in [0.15, 0.2) is 22.7 Å². The van der Waals surface area contributed by atoms with Crippen molar-refractivity contribution in [2.45, 2.75) is 25.6 Å². The predicted molar refractivity (Wildman–Crippen MR) is 75.0 cm³/mol. The molecule has 1 fully saturated rings. The van der Waals surface area contributed by atoms with Gasteiger partial charge in [-0.1, -0.05) is 15.9 Å². The van der Waals surface area contributed by atoms with Gasteiger partial charge < -0.3 is 10.1 Å². The van der Waals surface area contributed by atoms with Crippen molar-refractivity contribution in [2.24, 2.45) is 5.92 Å². The summed E-state index contributed by atoms with van der Waals surface area (Å²) < 4.78 is 43.7. The molecule has 0 radical (unpaired) electrons. The molecular formula is C14H15BrF3NO2. The Morgan fingerprint density at radius 2 is 2.19 bits per heavy atom. The third-order valence-electron chi connectivity index (χ3n) is 3.59. The summed E-state index contributed by atoms with van der Waals surface area (Å²) in [5.41, 5.74) is -0.857. The van der Waals surface area contributed by atoms with Crippen LogP contribution in [0, 0.1) is 5.92 Å². The highest BCUT2D eigenvalue weighted by Gasteiger charge is 2.33. The maximum absolute atomic E-state index is 12.8. The second kappa shape index (κ2) is 6.36. The van der Waals surface area contributed by atoms with Crippen LogP contribution in [0.4, 0.5) is 13.2 Å². The minimum atomic E-state index is -4.50. The Labute approximate surface area is 129 Å². The van der Waals surface area contributed by atoms with Gasteiger partial charge in [0.1, 0.15) is 0 Å². The number of hydrogen-bond acceptors (Lipinski definition) is 2. The second-order valence-corrected chi connectivity index (χ2v) is 5.88. The van der Waals surface area contributed by atoms with Gasteiger partial charge in [-0.2, -0.15) is 13.2 Å². The lowest BCUT2D eigenvalue weighted by molar-refractivity contribution is -0.138. The lowest BCUT2D eigenvalue weighted by Crippen LogP contribution is -2.32. The van der Waals surface area contributed by atoms with E-state index in [-0.39, 0.29) is 22.1 Å². The zero-order valence-electron chi connectivity index (χ0n) is 11.3. The molecule has 1 aliphatic heterocycles. The van der Waals surface area contributed by atoms with Gasteiger partial charge in [-0.25, -0.2) is 0 Å². The molecule has 21 heavy (non-hydrogen) atoms. The number of alkyl halides is 3. The number of rotatable bonds is 3. The average Bonchev–Trinajstić information content (AvgIpc) is 2.80. The predicted octanol–water partition coefficient (Wildman–Crippen LogP) is 3.62. The Morgan fingerprint density at radius 3 is 2.76 bits per heavy atom. The number of carbonyl (C=O) groups is 1. The van der Waals surface area contributed by atoms with Gasteiger partial charge in [-0.3, -0.25) is 4.79 Å². The lowest BCUT2D eigenvalue weighted by Gasteiger charge is -2.15. The van der Waals surface area contributed by atoms with Crippen molar-refractivity contribution >= 4 is 21.8 Å². The van der Waals surface area contributed by atoms with E-state index in [9.17, 15) is 18.0 Å². The summed E-state index contributed by atoms with van der Waals surface area (Å²) in [5, 5.41) is 2.67. The highest BCUT2D eigenvalue weighted by molar-refractivity contribution is 9.10. The quantitative estimate of drug-likeness (QED) is 0.888. The van der Waals surface area contributed by atoms with E-state index in [0.717, 1.165) is 12.5 Å². The van der Waals surface area contributed by atoms with Gasteiger partial charge in [0.05, 0.1) is 11.7 Å². The van der Waals surface area contributed by atoms with Gasteiger partial charge in [-0.15, -0.1) is 0 Å². The molecule has 7 heteroatoms. The first-order valence-corrected chi connectivity index (χ1v) is 7.35. The molecule has 116 valence electrons. The zero-order valence-corrected chi connectivity index (χ0v) is 12.9. The topological polar surface area (TPSA) is 38.3 Å². The summed E-state index contributed by atoms with van der Waals surface area (Å²) in [7, 11) is 0. The highest BCUT2D eigenvalue weighted by Crippen LogP contribution is 2.35. The molecular weight excluding hydrogens is 351 g/mol. The molecule has 3 nitrogen and oxygen atoms in total. The Kier molecular flexibility index (Phi) is 4.93. The molecule has 1 N–H and O–H groups in total. The minimum Gasteiger partial charge on any atom is -0.378 e. The summed E-state index contributed by atoms with van der Waals surface area (Å²) in [4.78, 5) is 12.0. The van der Waals surface area contributed by atoms with Gasteiger partial charge in [0.25, 0.3) is 5.91 Å². The number of ether oxygens (including phenoxy) is 1. The van der Waals surface area contributed by atoms with Crippen molar-refractivity contribution in [3.8, 4) is 0 Å². The van der Waals surface area contributed by atoms with Crippen LogP contribution in [0.3, 0.4) is 0 Å². The van der Waals surface area contributed by atoms with Crippen molar-refractivity contribution in [3.05, 3.63) is 33.8 Å². The number of amides is 1. The van der Waals surface area contributed by atoms with Gasteiger partial charge >= 0.3 is 6.18 Å². The fourth-order valence-corrected chi connectivity index (χ4v) is 2.73. The van der Waals surface area contributed by atoms with Gasteiger partial charge in [0, 0.05) is 29.1 Å². The van der Waals surface area contributed by atoms with Crippen LogP contribution < -0.4 is 5.32 Å². The van der Waals surface area contributed by atoms with Gasteiger partial charge in [0.15, 0.2) is 0 Å². The van der Waals surface area contributed by atoms with Crippen LogP contribution in [0.25, 0.3) is 0 Å². The fraction of sp³-hybridized carbons (Fsp3) is 0.500. The molecule has 1 saturated heterocycles. The molecule has 2 unspecified atom stereocenters. The molecule has 2 rings (SSSR count). The fourth-order valence-electron chi connectivity index (χ4n) is 2.25. The van der Waals surface area contributed by atoms with E-state index in [1.165, 1.54) is 12.1 Å². The Hall–Kier alpha value is -1.08. The van der Waals surface area contributed by atoms with Crippen LogP contribution in [-0.4, -0.2) is 25.2 Å². The molecule has 1 amide bonds. The van der Waals surface area contributed by atoms with Crippen LogP contribution in [0.5, 0.6) is 0 Å². The Morgan fingerprint density at radius 1 is 1.48 bits per heavy atom. The summed E-state index contributed by atoms with van der Waals surface area (Å²) in [6.07, 6.45) is -3.60. The largest absolute Gasteiger partial charge is 0.417 e. The standard InChI is InChI=1S/C14H15BrF3NO2/c1-8-10(4-5-21-8)7-19-13(20)9-2-3-12(15)11(6-9)14(16,17)18/h2-3,6,8,10H,4-5,7H2,1H3,(H,19,20). The lowest BCUT2D eigenvalue weighted by atomic mass is 10.0. The highest BCUT2D eigenvalue weighted by atomic mass is 79.9. The maximum atomic E-state index is 12.8. The molecule has 2 atom stereocenters. The van der Waals surface area contributed by atoms with Gasteiger partial charge in [0.2, 0.25) is 0 Å². The molecule has 0 aliphatic carbocycles. The van der Waals surface area contributed by atoms with Gasteiger partial charge in [-0.05, 0) is 31.5 Å². The molecule has 0 bridgehead atoms. The Balaban J connectivity index is 2.06. The molecule has 0 saturated carbocycles. The van der Waals surface area contributed by atoms with Crippen molar-refractivity contribution in [1.82, 2.24) is 5.32 Å². The van der Waals surface area contributed by atoms with Crippen molar-refractivity contribution in [2.75, 3.05) is 13.2 Å². The van der Waals surface area contributed by atoms with Crippen LogP contribution >= 0.6 is 15.9 Å². The SMILES string of the molecule is CC1OCCC1CNC(=O)c1ccc(Br)c(C(F)(F)F)c1. The monoisotopic (exact) mass is 365 g/mol. The number of carbonyl (C=O) groups excluding carboxylic acids is 1. The normalized spacial score (nSPS) is 22.3. The van der Waals surface area contributed by atoms with E-state index in [1.807, 2.05) is 6.92 Å². The van der Waals surface area contributed by atoms with E-state index in [1.54, 1.807) is 0 Å².